The number of rotatable bonds is 4. The predicted octanol–water partition coefficient (Wildman–Crippen LogP) is 1.35. The van der Waals surface area contributed by atoms with Crippen LogP contribution in [0.4, 0.5) is 0 Å². The van der Waals surface area contributed by atoms with E-state index >= 15 is 0 Å². The number of hydrogen-bond donors (Lipinski definition) is 1. The Kier molecular flexibility index (Phi) is 1.72. The predicted molar refractivity (Wildman–Crippen MR) is 75.1 cm³/mol. The van der Waals surface area contributed by atoms with Gasteiger partial charge >= 0.3 is 5.97 Å². The van der Waals surface area contributed by atoms with Crippen LogP contribution in [0.15, 0.2) is 0 Å². The van der Waals surface area contributed by atoms with Crippen molar-refractivity contribution in [3.63, 3.8) is 0 Å². The normalized spacial score (nSPS) is 56.7. The molecule has 5 heteroatoms. The molecule has 1 amide bonds. The van der Waals surface area contributed by atoms with Crippen molar-refractivity contribution in [3.05, 3.63) is 0 Å². The summed E-state index contributed by atoms with van der Waals surface area (Å²) in [6.07, 6.45) is 0. The highest BCUT2D eigenvalue weighted by Gasteiger charge is 3.19. The summed E-state index contributed by atoms with van der Waals surface area (Å²) >= 11 is 0. The van der Waals surface area contributed by atoms with Crippen LogP contribution in [-0.4, -0.2) is 34.0 Å². The minimum atomic E-state index is -0.897. The quantitative estimate of drug-likeness (QED) is 0.849. The SMILES string of the molecule is CC(C)N(C(=O)C12C3C4C1C1C4(C#N)C3C12C(=O)O)C(C)C. The Bertz CT molecular complexity index is 675. The lowest BCUT2D eigenvalue weighted by molar-refractivity contribution is -0.655. The van der Waals surface area contributed by atoms with Gasteiger partial charge in [0.25, 0.3) is 0 Å². The molecule has 0 spiro atoms. The Labute approximate surface area is 129 Å². The zero-order valence-electron chi connectivity index (χ0n) is 13.2. The van der Waals surface area contributed by atoms with Crippen molar-refractivity contribution in [2.45, 2.75) is 39.8 Å². The molecule has 0 aromatic heterocycles. The van der Waals surface area contributed by atoms with Crippen molar-refractivity contribution < 1.29 is 14.7 Å². The number of nitrogens with zero attached hydrogens (tertiary/aromatic N) is 2. The highest BCUT2D eigenvalue weighted by Crippen LogP contribution is 3.14. The van der Waals surface area contributed by atoms with Gasteiger partial charge in [0.05, 0.1) is 22.3 Å². The number of amides is 1. The zero-order valence-corrected chi connectivity index (χ0v) is 13.2. The molecule has 116 valence electrons. The van der Waals surface area contributed by atoms with Crippen molar-refractivity contribution in [3.8, 4) is 6.07 Å². The van der Waals surface area contributed by atoms with E-state index in [1.165, 1.54) is 0 Å². The summed E-state index contributed by atoms with van der Waals surface area (Å²) < 4.78 is 0. The van der Waals surface area contributed by atoms with Crippen LogP contribution in [-0.2, 0) is 9.59 Å². The average Bonchev–Trinajstić information content (AvgIpc) is 2.44. The summed E-state index contributed by atoms with van der Waals surface area (Å²) in [5, 5.41) is 19.4. The summed E-state index contributed by atoms with van der Waals surface area (Å²) in [5.41, 5.74) is -1.92. The summed E-state index contributed by atoms with van der Waals surface area (Å²) in [6.45, 7) is 7.96. The molecular formula is C17H20N2O3. The van der Waals surface area contributed by atoms with Crippen LogP contribution in [0.5, 0.6) is 0 Å². The van der Waals surface area contributed by atoms with Gasteiger partial charge in [0, 0.05) is 12.1 Å². The Hall–Kier alpha value is -1.57. The van der Waals surface area contributed by atoms with Crippen molar-refractivity contribution in [2.75, 3.05) is 0 Å². The zero-order chi connectivity index (χ0) is 16.0. The second-order valence-corrected chi connectivity index (χ2v) is 8.52. The number of carboxylic acid groups (broad SMARTS) is 1. The van der Waals surface area contributed by atoms with Crippen LogP contribution < -0.4 is 0 Å². The van der Waals surface area contributed by atoms with Crippen LogP contribution in [0.3, 0.4) is 0 Å². The smallest absolute Gasteiger partial charge is 0.311 e. The van der Waals surface area contributed by atoms with Crippen LogP contribution in [0.1, 0.15) is 27.7 Å². The maximum absolute atomic E-state index is 13.3. The fourth-order valence-electron chi connectivity index (χ4n) is 8.08. The van der Waals surface area contributed by atoms with Crippen molar-refractivity contribution in [2.24, 2.45) is 45.8 Å². The molecule has 1 N–H and O–H groups in total. The highest BCUT2D eigenvalue weighted by atomic mass is 16.4. The van der Waals surface area contributed by atoms with Gasteiger partial charge in [0.2, 0.25) is 5.91 Å². The third-order valence-electron chi connectivity index (χ3n) is 8.04. The molecule has 5 nitrogen and oxygen atoms in total. The molecule has 6 aliphatic rings. The molecule has 0 aliphatic heterocycles. The first-order valence-corrected chi connectivity index (χ1v) is 8.26. The maximum atomic E-state index is 13.3. The van der Waals surface area contributed by atoms with Crippen LogP contribution >= 0.6 is 0 Å². The van der Waals surface area contributed by atoms with Crippen LogP contribution in [0.2, 0.25) is 0 Å². The van der Waals surface area contributed by atoms with Gasteiger partial charge in [-0.05, 0) is 57.3 Å². The number of carbonyl (C=O) groups excluding carboxylic acids is 1. The van der Waals surface area contributed by atoms with E-state index in [1.54, 1.807) is 0 Å². The molecule has 0 aromatic carbocycles. The molecule has 0 saturated heterocycles. The van der Waals surface area contributed by atoms with Crippen molar-refractivity contribution in [1.82, 2.24) is 4.90 Å². The number of hydrogen-bond acceptors (Lipinski definition) is 3. The minimum absolute atomic E-state index is 0.0462. The summed E-state index contributed by atoms with van der Waals surface area (Å²) in [7, 11) is 0. The first-order chi connectivity index (χ1) is 10.3. The highest BCUT2D eigenvalue weighted by molar-refractivity contribution is 6.04. The van der Waals surface area contributed by atoms with E-state index in [-0.39, 0.29) is 47.1 Å². The molecule has 6 fully saturated rings. The number of carboxylic acids is 1. The van der Waals surface area contributed by atoms with Crippen molar-refractivity contribution >= 4 is 11.9 Å². The van der Waals surface area contributed by atoms with Gasteiger partial charge in [-0.1, -0.05) is 0 Å². The van der Waals surface area contributed by atoms with E-state index in [0.717, 1.165) is 0 Å². The van der Waals surface area contributed by atoms with E-state index in [1.807, 2.05) is 32.6 Å². The summed E-state index contributed by atoms with van der Waals surface area (Å²) in [6, 6.07) is 2.56. The Morgan fingerprint density at radius 3 is 1.91 bits per heavy atom. The molecular weight excluding hydrogens is 280 g/mol. The lowest BCUT2D eigenvalue weighted by Gasteiger charge is -3.11. The van der Waals surface area contributed by atoms with Gasteiger partial charge in [0.15, 0.2) is 0 Å². The first kappa shape index (κ1) is 12.9. The van der Waals surface area contributed by atoms with E-state index in [9.17, 15) is 20.0 Å². The molecule has 0 radical (unpaired) electrons. The second-order valence-electron chi connectivity index (χ2n) is 8.52. The number of aliphatic carboxylic acids is 1. The Morgan fingerprint density at radius 2 is 1.55 bits per heavy atom. The van der Waals surface area contributed by atoms with E-state index < -0.39 is 16.8 Å². The van der Waals surface area contributed by atoms with Crippen LogP contribution in [0.25, 0.3) is 0 Å². The topological polar surface area (TPSA) is 81.4 Å². The van der Waals surface area contributed by atoms with E-state index in [0.29, 0.717) is 5.92 Å². The standard InChI is InChI=1S/C17H20N2O3/c1-6(2)19(7(3)4)13(20)16-9-8-10(16)12-15(8,5-18)11(9)17(12,16)14(21)22/h6-12H,1-4H3,(H,21,22). The van der Waals surface area contributed by atoms with E-state index in [4.69, 9.17) is 0 Å². The lowest BCUT2D eigenvalue weighted by Crippen LogP contribution is -3.16. The molecule has 4 atom stereocenters. The van der Waals surface area contributed by atoms with Gasteiger partial charge in [-0.3, -0.25) is 9.59 Å². The summed E-state index contributed by atoms with van der Waals surface area (Å²) in [5.74, 6) is -0.222. The Morgan fingerprint density at radius 1 is 1.05 bits per heavy atom. The lowest BCUT2D eigenvalue weighted by atomic mass is 8.88. The third kappa shape index (κ3) is 0.655. The van der Waals surface area contributed by atoms with Gasteiger partial charge in [-0.15, -0.1) is 0 Å². The molecule has 6 rings (SSSR count). The summed E-state index contributed by atoms with van der Waals surface area (Å²) in [4.78, 5) is 27.2. The largest absolute Gasteiger partial charge is 0.481 e. The molecule has 6 aliphatic carbocycles. The molecule has 4 unspecified atom stereocenters. The van der Waals surface area contributed by atoms with Gasteiger partial charge in [-0.2, -0.15) is 5.26 Å². The monoisotopic (exact) mass is 300 g/mol. The fraction of sp³-hybridized carbons (Fsp3) is 0.824. The molecule has 0 heterocycles. The second kappa shape index (κ2) is 2.93. The minimum Gasteiger partial charge on any atom is -0.481 e. The first-order valence-electron chi connectivity index (χ1n) is 8.26. The average molecular weight is 300 g/mol. The fourth-order valence-corrected chi connectivity index (χ4v) is 8.08. The van der Waals surface area contributed by atoms with Crippen LogP contribution in [0, 0.1) is 57.2 Å². The number of nitriles is 1. The molecule has 0 aromatic rings. The van der Waals surface area contributed by atoms with Gasteiger partial charge in [-0.25, -0.2) is 0 Å². The molecule has 0 bridgehead atoms. The Balaban J connectivity index is 1.58. The number of carbonyl (C=O) groups is 2. The molecule has 6 saturated carbocycles. The van der Waals surface area contributed by atoms with Gasteiger partial charge < -0.3 is 10.0 Å². The third-order valence-corrected chi connectivity index (χ3v) is 8.04. The molecule has 22 heavy (non-hydrogen) atoms. The van der Waals surface area contributed by atoms with Gasteiger partial charge in [0.1, 0.15) is 0 Å². The van der Waals surface area contributed by atoms with Crippen molar-refractivity contribution in [1.29, 1.82) is 5.26 Å². The van der Waals surface area contributed by atoms with E-state index in [2.05, 4.69) is 6.07 Å². The maximum Gasteiger partial charge on any atom is 0.311 e.